The highest BCUT2D eigenvalue weighted by Gasteiger charge is 2.54. The van der Waals surface area contributed by atoms with Crippen molar-refractivity contribution in [3.63, 3.8) is 0 Å². The summed E-state index contributed by atoms with van der Waals surface area (Å²) in [6.45, 7) is 1.63. The van der Waals surface area contributed by atoms with Crippen LogP contribution in [0.4, 0.5) is 11.4 Å². The number of anilines is 1. The first-order chi connectivity index (χ1) is 10.8. The number of hydrogen-bond acceptors (Lipinski definition) is 6. The molecule has 122 valence electrons. The molecule has 1 aliphatic heterocycles. The fourth-order valence-corrected chi connectivity index (χ4v) is 2.95. The number of ether oxygens (including phenoxy) is 1. The lowest BCUT2D eigenvalue weighted by Gasteiger charge is -2.23. The number of nitro benzene ring substituents is 1. The fourth-order valence-electron chi connectivity index (χ4n) is 2.43. The summed E-state index contributed by atoms with van der Waals surface area (Å²) in [5.74, 6) is -1.69. The van der Waals surface area contributed by atoms with Gasteiger partial charge in [-0.2, -0.15) is 0 Å². The van der Waals surface area contributed by atoms with E-state index >= 15 is 0 Å². The van der Waals surface area contributed by atoms with Crippen molar-refractivity contribution in [1.82, 2.24) is 0 Å². The molecule has 1 atom stereocenters. The van der Waals surface area contributed by atoms with Crippen LogP contribution in [-0.4, -0.2) is 35.6 Å². The van der Waals surface area contributed by atoms with Crippen molar-refractivity contribution in [2.75, 3.05) is 18.6 Å². The number of halogens is 1. The van der Waals surface area contributed by atoms with Crippen LogP contribution in [0.1, 0.15) is 12.5 Å². The predicted molar refractivity (Wildman–Crippen MR) is 84.0 cm³/mol. The monoisotopic (exact) mass is 384 g/mol. The summed E-state index contributed by atoms with van der Waals surface area (Å²) in [6.07, 6.45) is 0. The molecule has 1 aromatic carbocycles. The van der Waals surface area contributed by atoms with Gasteiger partial charge >= 0.3 is 5.97 Å². The molecular weight excluding hydrogens is 372 g/mol. The molecule has 9 heteroatoms. The van der Waals surface area contributed by atoms with Crippen molar-refractivity contribution in [1.29, 1.82) is 0 Å². The van der Waals surface area contributed by atoms with Gasteiger partial charge in [0.15, 0.2) is 0 Å². The van der Waals surface area contributed by atoms with Crippen molar-refractivity contribution in [2.24, 2.45) is 0 Å². The van der Waals surface area contributed by atoms with E-state index in [1.165, 1.54) is 19.2 Å². The number of aliphatic hydroxyl groups is 1. The summed E-state index contributed by atoms with van der Waals surface area (Å²) >= 11 is 2.95. The molecule has 0 aromatic heterocycles. The van der Waals surface area contributed by atoms with Gasteiger partial charge in [0.05, 0.1) is 22.8 Å². The number of fused-ring (bicyclic) bond motifs is 1. The topological polar surface area (TPSA) is 110 Å². The van der Waals surface area contributed by atoms with Crippen molar-refractivity contribution >= 4 is 39.2 Å². The normalized spacial score (nSPS) is 20.4. The van der Waals surface area contributed by atoms with Crippen molar-refractivity contribution < 1.29 is 24.4 Å². The molecule has 1 heterocycles. The summed E-state index contributed by atoms with van der Waals surface area (Å²) in [6, 6.07) is 3.64. The summed E-state index contributed by atoms with van der Waals surface area (Å²) in [4.78, 5) is 37.1. The quantitative estimate of drug-likeness (QED) is 0.365. The van der Waals surface area contributed by atoms with E-state index in [0.29, 0.717) is 0 Å². The molecule has 0 aliphatic carbocycles. The third kappa shape index (κ3) is 2.51. The van der Waals surface area contributed by atoms with E-state index < -0.39 is 22.4 Å². The standard InChI is InChI=1S/C14H13BrN2O6/c1-3-23-12(18)10(7-15)14(20)9-6-8(17(21)22)4-5-11(9)16(2)13(14)19/h4-7,20H,3H2,1-2H3/b10-7+. The van der Waals surface area contributed by atoms with Crippen LogP contribution in [0.5, 0.6) is 0 Å². The lowest BCUT2D eigenvalue weighted by Crippen LogP contribution is -2.42. The molecule has 23 heavy (non-hydrogen) atoms. The van der Waals surface area contributed by atoms with E-state index in [0.717, 1.165) is 16.0 Å². The predicted octanol–water partition coefficient (Wildman–Crippen LogP) is 1.60. The van der Waals surface area contributed by atoms with Crippen LogP contribution in [0.15, 0.2) is 28.8 Å². The third-order valence-corrected chi connectivity index (χ3v) is 4.01. The number of nitrogens with zero attached hydrogens (tertiary/aromatic N) is 2. The molecule has 0 radical (unpaired) electrons. The molecule has 0 fully saturated rings. The summed E-state index contributed by atoms with van der Waals surface area (Å²) in [7, 11) is 1.40. The molecule has 0 saturated carbocycles. The van der Waals surface area contributed by atoms with Crippen LogP contribution < -0.4 is 4.90 Å². The summed E-state index contributed by atoms with van der Waals surface area (Å²) in [5.41, 5.74) is -2.78. The second kappa shape index (κ2) is 6.09. The van der Waals surface area contributed by atoms with Crippen LogP contribution in [0.25, 0.3) is 0 Å². The highest BCUT2D eigenvalue weighted by molar-refractivity contribution is 9.11. The largest absolute Gasteiger partial charge is 0.463 e. The molecule has 1 unspecified atom stereocenters. The first-order valence-corrected chi connectivity index (χ1v) is 7.48. The van der Waals surface area contributed by atoms with E-state index in [1.807, 2.05) is 0 Å². The Bertz CT molecular complexity index is 732. The smallest absolute Gasteiger partial charge is 0.338 e. The summed E-state index contributed by atoms with van der Waals surface area (Å²) < 4.78 is 4.85. The molecule has 1 N–H and O–H groups in total. The lowest BCUT2D eigenvalue weighted by molar-refractivity contribution is -0.385. The number of amides is 1. The Morgan fingerprint density at radius 3 is 2.74 bits per heavy atom. The molecule has 1 aromatic rings. The number of carbonyl (C=O) groups excluding carboxylic acids is 2. The Kier molecular flexibility index (Phi) is 4.53. The van der Waals surface area contributed by atoms with Crippen LogP contribution in [0, 0.1) is 10.1 Å². The molecule has 0 spiro atoms. The maximum absolute atomic E-state index is 12.5. The van der Waals surface area contributed by atoms with E-state index in [9.17, 15) is 24.8 Å². The van der Waals surface area contributed by atoms with Gasteiger partial charge < -0.3 is 14.7 Å². The van der Waals surface area contributed by atoms with E-state index in [2.05, 4.69) is 15.9 Å². The van der Waals surface area contributed by atoms with Gasteiger partial charge in [-0.15, -0.1) is 0 Å². The molecule has 1 aliphatic rings. The van der Waals surface area contributed by atoms with E-state index in [-0.39, 0.29) is 29.1 Å². The number of non-ortho nitro benzene ring substituents is 1. The molecule has 0 bridgehead atoms. The van der Waals surface area contributed by atoms with E-state index in [1.54, 1.807) is 6.92 Å². The second-order valence-corrected chi connectivity index (χ2v) is 5.23. The fraction of sp³-hybridized carbons (Fsp3) is 0.286. The van der Waals surface area contributed by atoms with Gasteiger partial charge in [0.25, 0.3) is 11.6 Å². The highest BCUT2D eigenvalue weighted by atomic mass is 79.9. The minimum Gasteiger partial charge on any atom is -0.463 e. The zero-order valence-electron chi connectivity index (χ0n) is 12.3. The minimum absolute atomic E-state index is 0.0436. The van der Waals surface area contributed by atoms with Gasteiger partial charge in [-0.1, -0.05) is 15.9 Å². The Morgan fingerprint density at radius 2 is 2.22 bits per heavy atom. The maximum atomic E-state index is 12.5. The Morgan fingerprint density at radius 1 is 1.57 bits per heavy atom. The maximum Gasteiger partial charge on any atom is 0.338 e. The number of benzene rings is 1. The molecular formula is C14H13BrN2O6. The molecule has 1 amide bonds. The van der Waals surface area contributed by atoms with Crippen LogP contribution in [0.3, 0.4) is 0 Å². The SMILES string of the molecule is CCOC(=O)/C(=C\Br)C1(O)C(=O)N(C)c2ccc([N+](=O)[O-])cc21. The van der Waals surface area contributed by atoms with Gasteiger partial charge in [-0.3, -0.25) is 14.9 Å². The Labute approximate surface area is 139 Å². The number of rotatable bonds is 4. The van der Waals surface area contributed by atoms with Gasteiger partial charge in [0.1, 0.15) is 0 Å². The molecule has 0 saturated heterocycles. The zero-order valence-corrected chi connectivity index (χ0v) is 13.9. The lowest BCUT2D eigenvalue weighted by atomic mass is 9.87. The first-order valence-electron chi connectivity index (χ1n) is 6.56. The van der Waals surface area contributed by atoms with Crippen molar-refractivity contribution in [2.45, 2.75) is 12.5 Å². The third-order valence-electron chi connectivity index (χ3n) is 3.55. The zero-order chi connectivity index (χ0) is 17.4. The second-order valence-electron chi connectivity index (χ2n) is 4.78. The van der Waals surface area contributed by atoms with Crippen molar-refractivity contribution in [3.05, 3.63) is 44.4 Å². The number of hydrogen-bond donors (Lipinski definition) is 1. The van der Waals surface area contributed by atoms with Gasteiger partial charge in [-0.25, -0.2) is 4.79 Å². The molecule has 8 nitrogen and oxygen atoms in total. The number of nitro groups is 1. The van der Waals surface area contributed by atoms with E-state index in [4.69, 9.17) is 4.74 Å². The van der Waals surface area contributed by atoms with Crippen LogP contribution in [0.2, 0.25) is 0 Å². The van der Waals surface area contributed by atoms with Gasteiger partial charge in [0.2, 0.25) is 5.60 Å². The van der Waals surface area contributed by atoms with Crippen LogP contribution >= 0.6 is 15.9 Å². The highest BCUT2D eigenvalue weighted by Crippen LogP contribution is 2.45. The molecule has 2 rings (SSSR count). The Hall–Kier alpha value is -2.26. The average Bonchev–Trinajstić information content (AvgIpc) is 2.70. The summed E-state index contributed by atoms with van der Waals surface area (Å²) in [5, 5.41) is 21.9. The van der Waals surface area contributed by atoms with Crippen molar-refractivity contribution in [3.8, 4) is 0 Å². The number of likely N-dealkylation sites (N-methyl/N-ethyl adjacent to an activating group) is 1. The minimum atomic E-state index is -2.36. The first kappa shape index (κ1) is 17.1. The average molecular weight is 385 g/mol. The Balaban J connectivity index is 2.68. The number of esters is 1. The van der Waals surface area contributed by atoms with Gasteiger partial charge in [0, 0.05) is 24.7 Å². The van der Waals surface area contributed by atoms with Crippen LogP contribution in [-0.2, 0) is 19.9 Å². The van der Waals surface area contributed by atoms with Gasteiger partial charge in [-0.05, 0) is 18.0 Å². The number of carbonyl (C=O) groups is 2.